The van der Waals surface area contributed by atoms with Gasteiger partial charge >= 0.3 is 0 Å². The minimum absolute atomic E-state index is 0.500. The molecule has 0 heterocycles. The van der Waals surface area contributed by atoms with Crippen molar-refractivity contribution < 1.29 is 22.7 Å². The molecule has 4 rings (SSSR count). The second-order valence-electron chi connectivity index (χ2n) is 6.69. The molecule has 0 N–H and O–H groups in total. The quantitative estimate of drug-likeness (QED) is 0.173. The van der Waals surface area contributed by atoms with Gasteiger partial charge in [-0.15, -0.1) is 0 Å². The summed E-state index contributed by atoms with van der Waals surface area (Å²) in [5, 5.41) is 0. The largest absolute Gasteiger partial charge is 0.457 e. The number of rotatable bonds is 10. The zero-order chi connectivity index (χ0) is 22.9. The molecule has 164 valence electrons. The van der Waals surface area contributed by atoms with E-state index in [1.807, 2.05) is 60.7 Å². The standard InChI is InChI=1S/C26H18O5S2/c27-17-19-5-1-3-7-25(19)29-21-9-13-23(14-10-21)32-31-33-24-15-11-22(12-16-24)30-26-8-4-2-6-20(26)18-28/h1-18H. The molecule has 0 aliphatic rings. The van der Waals surface area contributed by atoms with Crippen LogP contribution >= 0.6 is 24.1 Å². The minimum atomic E-state index is 0.500. The van der Waals surface area contributed by atoms with E-state index in [4.69, 9.17) is 13.1 Å². The Morgan fingerprint density at radius 1 is 0.515 bits per heavy atom. The van der Waals surface area contributed by atoms with Gasteiger partial charge in [-0.05, 0) is 72.8 Å². The highest BCUT2D eigenvalue weighted by Crippen LogP contribution is 2.33. The fraction of sp³-hybridized carbons (Fsp3) is 0. The van der Waals surface area contributed by atoms with Crippen molar-refractivity contribution in [3.05, 3.63) is 108 Å². The third kappa shape index (κ3) is 6.26. The lowest BCUT2D eigenvalue weighted by molar-refractivity contribution is 0.111. The lowest BCUT2D eigenvalue weighted by atomic mass is 10.2. The summed E-state index contributed by atoms with van der Waals surface area (Å²) < 4.78 is 17.2. The van der Waals surface area contributed by atoms with E-state index in [1.165, 1.54) is 24.1 Å². The Morgan fingerprint density at radius 2 is 0.909 bits per heavy atom. The van der Waals surface area contributed by atoms with Crippen molar-refractivity contribution in [1.82, 2.24) is 0 Å². The van der Waals surface area contributed by atoms with Crippen LogP contribution in [-0.4, -0.2) is 12.6 Å². The first-order chi connectivity index (χ1) is 16.2. The van der Waals surface area contributed by atoms with Crippen molar-refractivity contribution in [2.24, 2.45) is 0 Å². The van der Waals surface area contributed by atoms with Crippen LogP contribution in [0, 0.1) is 0 Å². The zero-order valence-electron chi connectivity index (χ0n) is 17.3. The molecule has 0 amide bonds. The van der Waals surface area contributed by atoms with Crippen LogP contribution in [0.2, 0.25) is 0 Å². The maximum Gasteiger partial charge on any atom is 0.153 e. The molecule has 0 bridgehead atoms. The topological polar surface area (TPSA) is 61.8 Å². The number of hydrogen-bond acceptors (Lipinski definition) is 7. The number of carbonyl (C=O) groups excluding carboxylic acids is 2. The average Bonchev–Trinajstić information content (AvgIpc) is 2.87. The molecule has 0 aliphatic heterocycles. The van der Waals surface area contributed by atoms with Crippen LogP contribution in [0.15, 0.2) is 107 Å². The fourth-order valence-corrected chi connectivity index (χ4v) is 4.08. The van der Waals surface area contributed by atoms with E-state index in [2.05, 4.69) is 0 Å². The van der Waals surface area contributed by atoms with Crippen molar-refractivity contribution >= 4 is 36.7 Å². The second-order valence-corrected chi connectivity index (χ2v) is 8.51. The Labute approximate surface area is 200 Å². The zero-order valence-corrected chi connectivity index (χ0v) is 18.9. The molecule has 33 heavy (non-hydrogen) atoms. The highest BCUT2D eigenvalue weighted by Gasteiger charge is 2.06. The molecule has 4 aromatic rings. The van der Waals surface area contributed by atoms with Crippen LogP contribution in [0.3, 0.4) is 0 Å². The molecule has 4 aromatic carbocycles. The number of carbonyl (C=O) groups is 2. The van der Waals surface area contributed by atoms with Crippen molar-refractivity contribution in [3.63, 3.8) is 0 Å². The molecule has 0 aliphatic carbocycles. The molecule has 0 radical (unpaired) electrons. The van der Waals surface area contributed by atoms with E-state index >= 15 is 0 Å². The lowest BCUT2D eigenvalue weighted by Crippen LogP contribution is -1.89. The van der Waals surface area contributed by atoms with Crippen LogP contribution in [0.4, 0.5) is 0 Å². The molecule has 5 nitrogen and oxygen atoms in total. The third-order valence-electron chi connectivity index (χ3n) is 4.46. The van der Waals surface area contributed by atoms with Crippen molar-refractivity contribution in [3.8, 4) is 23.0 Å². The molecular formula is C26H18O5S2. The number of benzene rings is 4. The Morgan fingerprint density at radius 3 is 1.30 bits per heavy atom. The first-order valence-corrected chi connectivity index (χ1v) is 11.4. The Balaban J connectivity index is 1.28. The summed E-state index contributed by atoms with van der Waals surface area (Å²) in [6.45, 7) is 0. The van der Waals surface area contributed by atoms with E-state index in [1.54, 1.807) is 36.4 Å². The van der Waals surface area contributed by atoms with E-state index in [0.717, 1.165) is 22.4 Å². The maximum absolute atomic E-state index is 11.1. The lowest BCUT2D eigenvalue weighted by Gasteiger charge is -2.09. The van der Waals surface area contributed by atoms with E-state index in [-0.39, 0.29) is 0 Å². The monoisotopic (exact) mass is 474 g/mol. The fourth-order valence-electron chi connectivity index (χ4n) is 2.82. The van der Waals surface area contributed by atoms with Crippen molar-refractivity contribution in [2.75, 3.05) is 0 Å². The molecule has 0 atom stereocenters. The summed E-state index contributed by atoms with van der Waals surface area (Å²) >= 11 is 2.46. The van der Waals surface area contributed by atoms with Crippen LogP contribution < -0.4 is 9.47 Å². The molecule has 0 saturated carbocycles. The average molecular weight is 475 g/mol. The predicted molar refractivity (Wildman–Crippen MR) is 129 cm³/mol. The van der Waals surface area contributed by atoms with Crippen LogP contribution in [-0.2, 0) is 3.63 Å². The van der Waals surface area contributed by atoms with Crippen LogP contribution in [0.5, 0.6) is 23.0 Å². The number of hydrogen-bond donors (Lipinski definition) is 0. The highest BCUT2D eigenvalue weighted by atomic mass is 32.2. The van der Waals surface area contributed by atoms with Gasteiger partial charge in [-0.2, -0.15) is 0 Å². The SMILES string of the molecule is O=Cc1ccccc1Oc1ccc(SOSc2ccc(Oc3ccccc3C=O)cc2)cc1. The molecular weight excluding hydrogens is 456 g/mol. The first-order valence-electron chi connectivity index (χ1n) is 9.90. The third-order valence-corrected chi connectivity index (χ3v) is 5.93. The normalized spacial score (nSPS) is 10.4. The number of aldehydes is 2. The summed E-state index contributed by atoms with van der Waals surface area (Å²) in [5.41, 5.74) is 1.00. The molecule has 0 fully saturated rings. The molecule has 0 aromatic heterocycles. The Kier molecular flexibility index (Phi) is 7.81. The van der Waals surface area contributed by atoms with Crippen molar-refractivity contribution in [1.29, 1.82) is 0 Å². The maximum atomic E-state index is 11.1. The summed E-state index contributed by atoms with van der Waals surface area (Å²) in [4.78, 5) is 24.0. The number of para-hydroxylation sites is 2. The van der Waals surface area contributed by atoms with E-state index in [9.17, 15) is 9.59 Å². The van der Waals surface area contributed by atoms with Gasteiger partial charge in [-0.25, -0.2) is 3.63 Å². The van der Waals surface area contributed by atoms with Gasteiger partial charge in [0.2, 0.25) is 0 Å². The first kappa shape index (κ1) is 22.7. The summed E-state index contributed by atoms with van der Waals surface area (Å²) in [7, 11) is 0. The molecule has 0 spiro atoms. The molecule has 0 unspecified atom stereocenters. The smallest absolute Gasteiger partial charge is 0.153 e. The van der Waals surface area contributed by atoms with Gasteiger partial charge in [0.25, 0.3) is 0 Å². The van der Waals surface area contributed by atoms with Gasteiger partial charge in [0.15, 0.2) is 12.6 Å². The van der Waals surface area contributed by atoms with Gasteiger partial charge in [-0.3, -0.25) is 9.59 Å². The van der Waals surface area contributed by atoms with Crippen LogP contribution in [0.25, 0.3) is 0 Å². The number of ether oxygens (including phenoxy) is 2. The van der Waals surface area contributed by atoms with Gasteiger partial charge in [0.05, 0.1) is 11.1 Å². The van der Waals surface area contributed by atoms with E-state index < -0.39 is 0 Å². The van der Waals surface area contributed by atoms with Crippen molar-refractivity contribution in [2.45, 2.75) is 9.79 Å². The van der Waals surface area contributed by atoms with Gasteiger partial charge in [0.1, 0.15) is 23.0 Å². The summed E-state index contributed by atoms with van der Waals surface area (Å²) in [5.74, 6) is 2.30. The molecule has 7 heteroatoms. The van der Waals surface area contributed by atoms with Crippen LogP contribution in [0.1, 0.15) is 20.7 Å². The highest BCUT2D eigenvalue weighted by molar-refractivity contribution is 8.07. The van der Waals surface area contributed by atoms with Gasteiger partial charge in [0, 0.05) is 33.9 Å². The second kappa shape index (κ2) is 11.4. The minimum Gasteiger partial charge on any atom is -0.457 e. The summed E-state index contributed by atoms with van der Waals surface area (Å²) in [6.07, 6.45) is 1.54. The van der Waals surface area contributed by atoms with E-state index in [0.29, 0.717) is 34.1 Å². The summed E-state index contributed by atoms with van der Waals surface area (Å²) in [6, 6.07) is 28.9. The predicted octanol–water partition coefficient (Wildman–Crippen LogP) is 7.63. The van der Waals surface area contributed by atoms with Gasteiger partial charge in [-0.1, -0.05) is 24.3 Å². The Hall–Kier alpha value is -3.52. The molecule has 0 saturated heterocycles. The Bertz CT molecular complexity index is 1130. The van der Waals surface area contributed by atoms with Gasteiger partial charge < -0.3 is 9.47 Å².